The smallest absolute Gasteiger partial charge is 0.351 e. The molecule has 0 aliphatic heterocycles. The standard InChI is InChI=1S/C28H21F7N4O3S/c1-38-13-37-18-11-16(17(12-21(18)38)28(33,34)35)14-6-4-10-39-19(14)7-8-20(39)27(40)36-9-3-5-15-22(29)24(31)26(43(2,41)42)25(32)23(15)30/h4,6-8,10-13H,3,5,9H2,1-2H3,(H,36,40). The molecule has 0 fully saturated rings. The number of carbonyl (C=O) groups excluding carboxylic acids is 1. The number of benzene rings is 2. The first-order chi connectivity index (χ1) is 20.1. The van der Waals surface area contributed by atoms with Gasteiger partial charge in [0.25, 0.3) is 5.91 Å². The minimum Gasteiger partial charge on any atom is -0.351 e. The van der Waals surface area contributed by atoms with Gasteiger partial charge in [0.05, 0.1) is 28.4 Å². The number of aromatic nitrogens is 3. The topological polar surface area (TPSA) is 85.5 Å². The van der Waals surface area contributed by atoms with Crippen molar-refractivity contribution < 1.29 is 43.9 Å². The number of nitrogens with one attached hydrogen (secondary N) is 1. The highest BCUT2D eigenvalue weighted by atomic mass is 32.2. The fraction of sp³-hybridized carbons (Fsp3) is 0.214. The molecule has 0 unspecified atom stereocenters. The Kier molecular flexibility index (Phi) is 7.48. The highest BCUT2D eigenvalue weighted by molar-refractivity contribution is 7.90. The van der Waals surface area contributed by atoms with Crippen LogP contribution in [0.15, 0.2) is 53.8 Å². The number of alkyl halides is 3. The summed E-state index contributed by atoms with van der Waals surface area (Å²) in [5.74, 6) is -8.45. The summed E-state index contributed by atoms with van der Waals surface area (Å²) in [6, 6.07) is 8.13. The molecule has 0 aliphatic carbocycles. The van der Waals surface area contributed by atoms with Crippen LogP contribution >= 0.6 is 0 Å². The highest BCUT2D eigenvalue weighted by Gasteiger charge is 2.35. The zero-order valence-electron chi connectivity index (χ0n) is 22.4. The first-order valence-electron chi connectivity index (χ1n) is 12.6. The fourth-order valence-corrected chi connectivity index (χ4v) is 5.77. The molecule has 0 radical (unpaired) electrons. The molecule has 1 amide bonds. The Morgan fingerprint density at radius 2 is 1.63 bits per heavy atom. The van der Waals surface area contributed by atoms with E-state index in [-0.39, 0.29) is 40.8 Å². The quantitative estimate of drug-likeness (QED) is 0.140. The molecule has 3 aromatic heterocycles. The third-order valence-electron chi connectivity index (χ3n) is 6.96. The van der Waals surface area contributed by atoms with E-state index in [0.717, 1.165) is 6.07 Å². The van der Waals surface area contributed by atoms with Crippen LogP contribution in [0.25, 0.3) is 27.7 Å². The molecule has 2 aromatic carbocycles. The Labute approximate surface area is 239 Å². The van der Waals surface area contributed by atoms with Crippen LogP contribution in [0.2, 0.25) is 0 Å². The number of amides is 1. The monoisotopic (exact) mass is 626 g/mol. The van der Waals surface area contributed by atoms with Crippen molar-refractivity contribution in [3.05, 3.63) is 89.0 Å². The second-order valence-corrected chi connectivity index (χ2v) is 11.8. The van der Waals surface area contributed by atoms with Gasteiger partial charge in [0.15, 0.2) is 33.1 Å². The minimum absolute atomic E-state index is 0.0382. The number of nitrogens with zero attached hydrogens (tertiary/aromatic N) is 3. The van der Waals surface area contributed by atoms with Crippen molar-refractivity contribution in [2.24, 2.45) is 7.05 Å². The van der Waals surface area contributed by atoms with Gasteiger partial charge in [-0.2, -0.15) is 13.2 Å². The van der Waals surface area contributed by atoms with Crippen molar-refractivity contribution in [3.63, 3.8) is 0 Å². The van der Waals surface area contributed by atoms with Gasteiger partial charge in [-0.15, -0.1) is 0 Å². The van der Waals surface area contributed by atoms with Crippen LogP contribution in [-0.2, 0) is 29.5 Å². The number of aryl methyl sites for hydroxylation is 1. The van der Waals surface area contributed by atoms with Gasteiger partial charge in [-0.05, 0) is 48.7 Å². The number of imidazole rings is 1. The second kappa shape index (κ2) is 10.7. The Hall–Kier alpha value is -4.40. The Balaban J connectivity index is 1.39. The summed E-state index contributed by atoms with van der Waals surface area (Å²) in [5.41, 5.74) is -0.897. The van der Waals surface area contributed by atoms with E-state index < -0.39 is 67.6 Å². The molecule has 7 nitrogen and oxygen atoms in total. The van der Waals surface area contributed by atoms with E-state index in [1.807, 2.05) is 0 Å². The molecule has 3 heterocycles. The summed E-state index contributed by atoms with van der Waals surface area (Å²) >= 11 is 0. The average Bonchev–Trinajstić information content (AvgIpc) is 3.53. The van der Waals surface area contributed by atoms with Crippen LogP contribution in [0.3, 0.4) is 0 Å². The predicted octanol–water partition coefficient (Wildman–Crippen LogP) is 5.83. The number of hydrogen-bond acceptors (Lipinski definition) is 4. The number of hydrogen-bond donors (Lipinski definition) is 1. The fourth-order valence-electron chi connectivity index (χ4n) is 4.94. The molecular formula is C28H21F7N4O3S. The van der Waals surface area contributed by atoms with Crippen molar-refractivity contribution in [2.75, 3.05) is 12.8 Å². The van der Waals surface area contributed by atoms with Crippen LogP contribution in [-0.4, -0.2) is 41.1 Å². The second-order valence-electron chi connectivity index (χ2n) is 9.83. The summed E-state index contributed by atoms with van der Waals surface area (Å²) in [6.07, 6.45) is -2.18. The number of carbonyl (C=O) groups is 1. The maximum absolute atomic E-state index is 14.4. The number of pyridine rings is 1. The van der Waals surface area contributed by atoms with Crippen molar-refractivity contribution in [2.45, 2.75) is 23.9 Å². The third kappa shape index (κ3) is 5.32. The molecule has 43 heavy (non-hydrogen) atoms. The number of rotatable bonds is 7. The van der Waals surface area contributed by atoms with E-state index in [2.05, 4.69) is 10.3 Å². The summed E-state index contributed by atoms with van der Waals surface area (Å²) in [5, 5.41) is 2.49. The summed E-state index contributed by atoms with van der Waals surface area (Å²) in [6.45, 7) is -0.212. The molecule has 226 valence electrons. The molecule has 5 rings (SSSR count). The Morgan fingerprint density at radius 1 is 0.953 bits per heavy atom. The first kappa shape index (κ1) is 30.1. The SMILES string of the molecule is Cn1cnc2cc(-c3cccn4c(C(=O)NCCCc5c(F)c(F)c(S(C)(=O)=O)c(F)c5F)ccc34)c(C(F)(F)F)cc21. The summed E-state index contributed by atoms with van der Waals surface area (Å²) < 4.78 is 125. The zero-order valence-corrected chi connectivity index (χ0v) is 23.2. The van der Waals surface area contributed by atoms with Gasteiger partial charge >= 0.3 is 6.18 Å². The molecule has 0 atom stereocenters. The molecule has 0 spiro atoms. The van der Waals surface area contributed by atoms with E-state index in [0.29, 0.717) is 11.8 Å². The van der Waals surface area contributed by atoms with Gasteiger partial charge in [-0.1, -0.05) is 6.07 Å². The maximum atomic E-state index is 14.4. The van der Waals surface area contributed by atoms with E-state index in [4.69, 9.17) is 0 Å². The largest absolute Gasteiger partial charge is 0.417 e. The highest BCUT2D eigenvalue weighted by Crippen LogP contribution is 2.41. The van der Waals surface area contributed by atoms with Gasteiger partial charge in [0.1, 0.15) is 10.6 Å². The molecule has 0 saturated carbocycles. The molecular weight excluding hydrogens is 605 g/mol. The molecule has 1 N–H and O–H groups in total. The Morgan fingerprint density at radius 3 is 2.26 bits per heavy atom. The Bertz CT molecular complexity index is 2000. The lowest BCUT2D eigenvalue weighted by Crippen LogP contribution is -2.26. The lowest BCUT2D eigenvalue weighted by Gasteiger charge is -2.15. The van der Waals surface area contributed by atoms with Gasteiger partial charge in [0.2, 0.25) is 0 Å². The maximum Gasteiger partial charge on any atom is 0.417 e. The average molecular weight is 627 g/mol. The molecule has 0 saturated heterocycles. The van der Waals surface area contributed by atoms with Crippen molar-refractivity contribution in [3.8, 4) is 11.1 Å². The molecule has 0 bridgehead atoms. The third-order valence-corrected chi connectivity index (χ3v) is 8.06. The van der Waals surface area contributed by atoms with Crippen LogP contribution in [0, 0.1) is 23.3 Å². The number of halogens is 7. The van der Waals surface area contributed by atoms with Crippen LogP contribution < -0.4 is 5.32 Å². The number of sulfone groups is 1. The zero-order chi connectivity index (χ0) is 31.4. The molecule has 5 aromatic rings. The van der Waals surface area contributed by atoms with E-state index >= 15 is 0 Å². The minimum atomic E-state index is -4.69. The van der Waals surface area contributed by atoms with Crippen molar-refractivity contribution >= 4 is 32.3 Å². The summed E-state index contributed by atoms with van der Waals surface area (Å²) in [7, 11) is -3.02. The van der Waals surface area contributed by atoms with Gasteiger partial charge in [-0.25, -0.2) is 31.0 Å². The van der Waals surface area contributed by atoms with E-state index in [1.54, 1.807) is 7.05 Å². The molecule has 0 aliphatic rings. The van der Waals surface area contributed by atoms with Crippen LogP contribution in [0.1, 0.15) is 28.0 Å². The van der Waals surface area contributed by atoms with Gasteiger partial charge in [0, 0.05) is 37.2 Å². The van der Waals surface area contributed by atoms with E-state index in [1.165, 1.54) is 51.8 Å². The van der Waals surface area contributed by atoms with Crippen molar-refractivity contribution in [1.82, 2.24) is 19.3 Å². The summed E-state index contributed by atoms with van der Waals surface area (Å²) in [4.78, 5) is 15.4. The van der Waals surface area contributed by atoms with Crippen LogP contribution in [0.5, 0.6) is 0 Å². The lowest BCUT2D eigenvalue weighted by molar-refractivity contribution is -0.137. The first-order valence-corrected chi connectivity index (χ1v) is 14.5. The lowest BCUT2D eigenvalue weighted by atomic mass is 9.98. The van der Waals surface area contributed by atoms with Crippen molar-refractivity contribution in [1.29, 1.82) is 0 Å². The van der Waals surface area contributed by atoms with Gasteiger partial charge < -0.3 is 14.3 Å². The molecule has 15 heteroatoms. The normalized spacial score (nSPS) is 12.4. The van der Waals surface area contributed by atoms with Crippen LogP contribution in [0.4, 0.5) is 30.7 Å². The van der Waals surface area contributed by atoms with E-state index in [9.17, 15) is 43.9 Å². The predicted molar refractivity (Wildman–Crippen MR) is 142 cm³/mol. The van der Waals surface area contributed by atoms with Gasteiger partial charge in [-0.3, -0.25) is 4.79 Å². The number of fused-ring (bicyclic) bond motifs is 2.